The minimum atomic E-state index is 0.550. The fourth-order valence-corrected chi connectivity index (χ4v) is 4.61. The van der Waals surface area contributed by atoms with Gasteiger partial charge in [0.25, 0.3) is 0 Å². The van der Waals surface area contributed by atoms with Crippen LogP contribution in [0.5, 0.6) is 0 Å². The largest absolute Gasteiger partial charge is 0.383 e. The van der Waals surface area contributed by atoms with Gasteiger partial charge in [0, 0.05) is 38.4 Å². The van der Waals surface area contributed by atoms with Crippen molar-refractivity contribution in [2.24, 2.45) is 5.10 Å². The first kappa shape index (κ1) is 24.4. The van der Waals surface area contributed by atoms with Gasteiger partial charge in [-0.05, 0) is 25.8 Å². The molecular formula is C27H34N6O3. The van der Waals surface area contributed by atoms with Crippen LogP contribution in [0.1, 0.15) is 30.3 Å². The zero-order chi connectivity index (χ0) is 24.9. The van der Waals surface area contributed by atoms with Crippen molar-refractivity contribution in [3.63, 3.8) is 0 Å². The number of hydrazone groups is 1. The Morgan fingerprint density at radius 3 is 2.75 bits per heavy atom. The van der Waals surface area contributed by atoms with E-state index in [1.807, 2.05) is 19.1 Å². The van der Waals surface area contributed by atoms with Gasteiger partial charge in [0.2, 0.25) is 0 Å². The van der Waals surface area contributed by atoms with Crippen molar-refractivity contribution in [1.82, 2.24) is 14.5 Å². The number of aryl methyl sites for hydroxylation is 1. The summed E-state index contributed by atoms with van der Waals surface area (Å²) in [4.78, 5) is 12.4. The van der Waals surface area contributed by atoms with E-state index in [2.05, 4.69) is 51.2 Å². The van der Waals surface area contributed by atoms with E-state index in [4.69, 9.17) is 24.2 Å². The van der Waals surface area contributed by atoms with Gasteiger partial charge < -0.3 is 23.7 Å². The number of methoxy groups -OCH3 is 1. The van der Waals surface area contributed by atoms with E-state index in [0.717, 1.165) is 65.6 Å². The third-order valence-electron chi connectivity index (χ3n) is 6.53. The number of hydrogen-bond donors (Lipinski definition) is 1. The molecule has 190 valence electrons. The minimum Gasteiger partial charge on any atom is -0.383 e. The maximum Gasteiger partial charge on any atom is 0.164 e. The number of aromatic nitrogens is 3. The molecule has 1 saturated heterocycles. The smallest absolute Gasteiger partial charge is 0.164 e. The van der Waals surface area contributed by atoms with Crippen LogP contribution in [0.15, 0.2) is 41.5 Å². The minimum absolute atomic E-state index is 0.550. The Morgan fingerprint density at radius 1 is 1.14 bits per heavy atom. The maximum atomic E-state index is 5.75. The second-order valence-corrected chi connectivity index (χ2v) is 9.13. The summed E-state index contributed by atoms with van der Waals surface area (Å²) in [7, 11) is 1.71. The van der Waals surface area contributed by atoms with Crippen molar-refractivity contribution in [3.05, 3.63) is 53.4 Å². The zero-order valence-electron chi connectivity index (χ0n) is 21.3. The second kappa shape index (κ2) is 11.2. The Kier molecular flexibility index (Phi) is 7.60. The summed E-state index contributed by atoms with van der Waals surface area (Å²) in [5, 5.41) is 4.66. The number of imidazole rings is 1. The predicted molar refractivity (Wildman–Crippen MR) is 143 cm³/mol. The number of pyridine rings is 1. The summed E-state index contributed by atoms with van der Waals surface area (Å²) in [6, 6.07) is 10.4. The van der Waals surface area contributed by atoms with E-state index in [1.54, 1.807) is 7.11 Å². The number of fused-ring (bicyclic) bond motifs is 1. The van der Waals surface area contributed by atoms with Crippen molar-refractivity contribution in [2.75, 3.05) is 63.6 Å². The molecule has 0 aliphatic carbocycles. The average molecular weight is 491 g/mol. The number of nitrogens with one attached hydrogen (secondary N) is 1. The molecule has 5 rings (SSSR count). The topological polar surface area (TPSA) is 86.0 Å². The molecule has 9 heteroatoms. The summed E-state index contributed by atoms with van der Waals surface area (Å²) >= 11 is 0. The summed E-state index contributed by atoms with van der Waals surface area (Å²) in [5.41, 5.74) is 10.2. The highest BCUT2D eigenvalue weighted by Crippen LogP contribution is 2.32. The molecule has 0 spiro atoms. The first-order valence-corrected chi connectivity index (χ1v) is 12.5. The van der Waals surface area contributed by atoms with Crippen molar-refractivity contribution >= 4 is 34.0 Å². The van der Waals surface area contributed by atoms with E-state index >= 15 is 0 Å². The molecule has 9 nitrogen and oxygen atoms in total. The maximum absolute atomic E-state index is 5.75. The lowest BCUT2D eigenvalue weighted by Crippen LogP contribution is -2.36. The highest BCUT2D eigenvalue weighted by Gasteiger charge is 2.23. The molecule has 0 amide bonds. The number of anilines is 2. The summed E-state index contributed by atoms with van der Waals surface area (Å²) in [6.45, 7) is 9.56. The molecule has 0 radical (unpaired) electrons. The Hall–Kier alpha value is -3.27. The van der Waals surface area contributed by atoms with Gasteiger partial charge in [-0.15, -0.1) is 0 Å². The molecule has 0 saturated carbocycles. The van der Waals surface area contributed by atoms with Crippen molar-refractivity contribution in [2.45, 2.75) is 26.8 Å². The van der Waals surface area contributed by atoms with Gasteiger partial charge >= 0.3 is 0 Å². The van der Waals surface area contributed by atoms with Crippen LogP contribution in [-0.4, -0.2) is 73.5 Å². The number of benzene rings is 1. The highest BCUT2D eigenvalue weighted by molar-refractivity contribution is 5.99. The second-order valence-electron chi connectivity index (χ2n) is 9.13. The van der Waals surface area contributed by atoms with E-state index in [0.29, 0.717) is 38.8 Å². The van der Waals surface area contributed by atoms with E-state index in [-0.39, 0.29) is 0 Å². The number of nitrogens with zero attached hydrogens (tertiary/aromatic N) is 5. The van der Waals surface area contributed by atoms with Crippen LogP contribution in [0.2, 0.25) is 0 Å². The van der Waals surface area contributed by atoms with Gasteiger partial charge in [0.05, 0.1) is 44.4 Å². The molecular weight excluding hydrogens is 456 g/mol. The van der Waals surface area contributed by atoms with E-state index in [9.17, 15) is 0 Å². The third kappa shape index (κ3) is 5.28. The van der Waals surface area contributed by atoms with Gasteiger partial charge in [0.15, 0.2) is 11.5 Å². The lowest BCUT2D eigenvalue weighted by molar-refractivity contribution is 0.123. The zero-order valence-corrected chi connectivity index (χ0v) is 21.3. The molecule has 36 heavy (non-hydrogen) atoms. The average Bonchev–Trinajstić information content (AvgIpc) is 3.29. The van der Waals surface area contributed by atoms with Crippen molar-refractivity contribution < 1.29 is 14.2 Å². The fraction of sp³-hybridized carbons (Fsp3) is 0.444. The molecule has 3 aromatic rings. The van der Waals surface area contributed by atoms with Crippen LogP contribution in [0, 0.1) is 6.92 Å². The van der Waals surface area contributed by atoms with E-state index < -0.39 is 0 Å². The lowest BCUT2D eigenvalue weighted by Gasteiger charge is -2.29. The van der Waals surface area contributed by atoms with Crippen LogP contribution in [0.3, 0.4) is 0 Å². The van der Waals surface area contributed by atoms with Crippen LogP contribution < -0.4 is 10.3 Å². The molecule has 0 atom stereocenters. The molecule has 1 fully saturated rings. The quantitative estimate of drug-likeness (QED) is 0.379. The first-order valence-electron chi connectivity index (χ1n) is 12.5. The van der Waals surface area contributed by atoms with Crippen LogP contribution in [-0.2, 0) is 20.8 Å². The first-order chi connectivity index (χ1) is 17.6. The number of rotatable bonds is 8. The standard InChI is InChI=1S/C27H34N6O3/c1-19-6-4-7-21(16-19)20(2)30-31-24-17-23(32-9-14-35-15-10-32)25-27(28-24)33(11-13-34-3)26(29-25)22-8-5-12-36-18-22/h4,6-8,16-17H,5,9-15,18H2,1-3H3,(H,28,31)/b30-20+. The third-order valence-corrected chi connectivity index (χ3v) is 6.53. The van der Waals surface area contributed by atoms with Crippen molar-refractivity contribution in [3.8, 4) is 0 Å². The fourth-order valence-electron chi connectivity index (χ4n) is 4.61. The van der Waals surface area contributed by atoms with Gasteiger partial charge in [-0.1, -0.05) is 35.9 Å². The summed E-state index contributed by atoms with van der Waals surface area (Å²) in [6.07, 6.45) is 3.10. The van der Waals surface area contributed by atoms with Crippen LogP contribution in [0.4, 0.5) is 11.5 Å². The van der Waals surface area contributed by atoms with E-state index in [1.165, 1.54) is 5.56 Å². The molecule has 1 aromatic carbocycles. The Labute approximate surface area is 211 Å². The Balaban J connectivity index is 1.59. The van der Waals surface area contributed by atoms with Crippen LogP contribution in [0.25, 0.3) is 16.7 Å². The molecule has 4 heterocycles. The Morgan fingerprint density at radius 2 is 2.00 bits per heavy atom. The predicted octanol–water partition coefficient (Wildman–Crippen LogP) is 3.86. The summed E-state index contributed by atoms with van der Waals surface area (Å²) in [5.74, 6) is 1.57. The lowest BCUT2D eigenvalue weighted by atomic mass is 10.1. The van der Waals surface area contributed by atoms with Crippen LogP contribution >= 0.6 is 0 Å². The molecule has 2 aromatic heterocycles. The molecule has 2 aliphatic rings. The monoisotopic (exact) mass is 490 g/mol. The van der Waals surface area contributed by atoms with Gasteiger partial charge in [-0.3, -0.25) is 5.43 Å². The SMILES string of the molecule is COCCn1c(C2=CCCOC2)nc2c(N3CCOCC3)cc(N/N=C(\C)c3cccc(C)c3)nc21. The molecule has 0 unspecified atom stereocenters. The van der Waals surface area contributed by atoms with Gasteiger partial charge in [-0.25, -0.2) is 9.97 Å². The normalized spacial score (nSPS) is 16.9. The molecule has 2 aliphatic heterocycles. The number of hydrogen-bond acceptors (Lipinski definition) is 8. The summed E-state index contributed by atoms with van der Waals surface area (Å²) < 4.78 is 18.9. The molecule has 1 N–H and O–H groups in total. The number of ether oxygens (including phenoxy) is 3. The Bertz CT molecular complexity index is 1280. The highest BCUT2D eigenvalue weighted by atomic mass is 16.5. The number of morpholine rings is 1. The van der Waals surface area contributed by atoms with Gasteiger partial charge in [0.1, 0.15) is 11.3 Å². The molecule has 0 bridgehead atoms. The van der Waals surface area contributed by atoms with Crippen molar-refractivity contribution in [1.29, 1.82) is 0 Å². The van der Waals surface area contributed by atoms with Gasteiger partial charge in [-0.2, -0.15) is 5.10 Å².